The maximum Gasteiger partial charge on any atom is 0.318 e. The van der Waals surface area contributed by atoms with E-state index in [1.54, 1.807) is 17.3 Å². The average molecular weight is 407 g/mol. The Hall–Kier alpha value is -3.26. The van der Waals surface area contributed by atoms with Crippen LogP contribution in [-0.2, 0) is 24.3 Å². The van der Waals surface area contributed by atoms with E-state index in [-0.39, 0.29) is 18.5 Å². The van der Waals surface area contributed by atoms with Crippen molar-refractivity contribution in [2.24, 2.45) is 0 Å². The number of hydrogen-bond donors (Lipinski definition) is 2. The third kappa shape index (κ3) is 4.78. The van der Waals surface area contributed by atoms with Gasteiger partial charge in [0.15, 0.2) is 0 Å². The largest absolute Gasteiger partial charge is 0.348 e. The van der Waals surface area contributed by atoms with Gasteiger partial charge in [-0.25, -0.2) is 9.78 Å². The molecule has 2 aromatic heterocycles. The number of nitrogens with zero attached hydrogens (tertiary/aromatic N) is 3. The molecule has 0 spiro atoms. The SMILES string of the molecule is O=C(CNC(=O)N1CCc2ccccc2C1)NCc1nc(-c2ccncc2)cs1. The first-order valence-corrected chi connectivity index (χ1v) is 10.3. The molecule has 2 N–H and O–H groups in total. The molecular formula is C21H21N5O2S. The Morgan fingerprint density at radius 2 is 1.86 bits per heavy atom. The molecule has 1 aliphatic rings. The molecule has 8 heteroatoms. The van der Waals surface area contributed by atoms with E-state index in [1.807, 2.05) is 35.7 Å². The summed E-state index contributed by atoms with van der Waals surface area (Å²) in [6, 6.07) is 11.7. The van der Waals surface area contributed by atoms with Crippen LogP contribution < -0.4 is 10.6 Å². The van der Waals surface area contributed by atoms with Crippen molar-refractivity contribution in [2.75, 3.05) is 13.1 Å². The lowest BCUT2D eigenvalue weighted by atomic mass is 10.0. The number of urea groups is 1. The molecule has 0 aliphatic carbocycles. The van der Waals surface area contributed by atoms with Gasteiger partial charge in [-0.05, 0) is 29.7 Å². The maximum absolute atomic E-state index is 12.4. The van der Waals surface area contributed by atoms with E-state index in [0.29, 0.717) is 19.6 Å². The number of fused-ring (bicyclic) bond motifs is 1. The number of nitrogens with one attached hydrogen (secondary N) is 2. The Morgan fingerprint density at radius 3 is 2.69 bits per heavy atom. The van der Waals surface area contributed by atoms with Gasteiger partial charge < -0.3 is 15.5 Å². The van der Waals surface area contributed by atoms with Gasteiger partial charge in [0.25, 0.3) is 0 Å². The van der Waals surface area contributed by atoms with Crippen LogP contribution in [0.5, 0.6) is 0 Å². The van der Waals surface area contributed by atoms with Crippen molar-refractivity contribution in [3.05, 3.63) is 70.3 Å². The molecule has 0 saturated heterocycles. The number of carbonyl (C=O) groups excluding carboxylic acids is 2. The summed E-state index contributed by atoms with van der Waals surface area (Å²) < 4.78 is 0. The minimum Gasteiger partial charge on any atom is -0.348 e. The highest BCUT2D eigenvalue weighted by atomic mass is 32.1. The van der Waals surface area contributed by atoms with Crippen LogP contribution in [0.2, 0.25) is 0 Å². The second-order valence-electron chi connectivity index (χ2n) is 6.74. The van der Waals surface area contributed by atoms with Gasteiger partial charge in [0.05, 0.1) is 18.8 Å². The van der Waals surface area contributed by atoms with E-state index in [0.717, 1.165) is 28.2 Å². The molecule has 1 aliphatic heterocycles. The first-order valence-electron chi connectivity index (χ1n) is 9.40. The molecule has 0 bridgehead atoms. The lowest BCUT2D eigenvalue weighted by Crippen LogP contribution is -2.46. The Labute approximate surface area is 172 Å². The summed E-state index contributed by atoms with van der Waals surface area (Å²) in [6.07, 6.45) is 4.28. The first kappa shape index (κ1) is 19.1. The van der Waals surface area contributed by atoms with Crippen LogP contribution in [0.25, 0.3) is 11.3 Å². The Bertz CT molecular complexity index is 1010. The van der Waals surface area contributed by atoms with E-state index in [9.17, 15) is 9.59 Å². The summed E-state index contributed by atoms with van der Waals surface area (Å²) >= 11 is 1.49. The van der Waals surface area contributed by atoms with E-state index < -0.39 is 0 Å². The summed E-state index contributed by atoms with van der Waals surface area (Å²) in [4.78, 5) is 34.7. The number of pyridine rings is 1. The predicted molar refractivity (Wildman–Crippen MR) is 111 cm³/mol. The molecule has 7 nitrogen and oxygen atoms in total. The van der Waals surface area contributed by atoms with Gasteiger partial charge in [0.2, 0.25) is 5.91 Å². The molecule has 0 unspecified atom stereocenters. The topological polar surface area (TPSA) is 87.2 Å². The minimum absolute atomic E-state index is 0.0560. The van der Waals surface area contributed by atoms with Gasteiger partial charge in [-0.15, -0.1) is 11.3 Å². The van der Waals surface area contributed by atoms with Crippen LogP contribution >= 0.6 is 11.3 Å². The molecule has 3 heterocycles. The first-order chi connectivity index (χ1) is 14.2. The van der Waals surface area contributed by atoms with Gasteiger partial charge in [0, 0.05) is 36.4 Å². The Balaban J connectivity index is 1.23. The summed E-state index contributed by atoms with van der Waals surface area (Å²) in [6.45, 7) is 1.50. The van der Waals surface area contributed by atoms with Crippen molar-refractivity contribution < 1.29 is 9.59 Å². The highest BCUT2D eigenvalue weighted by Crippen LogP contribution is 2.21. The Kier molecular flexibility index (Phi) is 5.81. The molecule has 1 aromatic carbocycles. The zero-order chi connectivity index (χ0) is 20.1. The fraction of sp³-hybridized carbons (Fsp3) is 0.238. The molecule has 0 saturated carbocycles. The summed E-state index contributed by atoms with van der Waals surface area (Å²) in [5.41, 5.74) is 4.29. The van der Waals surface area contributed by atoms with Gasteiger partial charge in [0.1, 0.15) is 5.01 Å². The molecule has 0 atom stereocenters. The van der Waals surface area contributed by atoms with E-state index >= 15 is 0 Å². The molecule has 0 radical (unpaired) electrons. The van der Waals surface area contributed by atoms with Crippen LogP contribution in [0, 0.1) is 0 Å². The Morgan fingerprint density at radius 1 is 1.07 bits per heavy atom. The quantitative estimate of drug-likeness (QED) is 0.681. The summed E-state index contributed by atoms with van der Waals surface area (Å²) in [7, 11) is 0. The molecule has 3 amide bonds. The summed E-state index contributed by atoms with van der Waals surface area (Å²) in [5.74, 6) is -0.239. The number of benzene rings is 1. The number of carbonyl (C=O) groups is 2. The van der Waals surface area contributed by atoms with Crippen LogP contribution in [-0.4, -0.2) is 39.9 Å². The zero-order valence-corrected chi connectivity index (χ0v) is 16.6. The highest BCUT2D eigenvalue weighted by Gasteiger charge is 2.20. The molecule has 0 fully saturated rings. The van der Waals surface area contributed by atoms with Crippen molar-refractivity contribution in [3.8, 4) is 11.3 Å². The fourth-order valence-electron chi connectivity index (χ4n) is 3.22. The van der Waals surface area contributed by atoms with Crippen molar-refractivity contribution in [1.29, 1.82) is 0 Å². The van der Waals surface area contributed by atoms with E-state index in [1.165, 1.54) is 16.9 Å². The lowest BCUT2D eigenvalue weighted by molar-refractivity contribution is -0.120. The highest BCUT2D eigenvalue weighted by molar-refractivity contribution is 7.09. The fourth-order valence-corrected chi connectivity index (χ4v) is 3.96. The predicted octanol–water partition coefficient (Wildman–Crippen LogP) is 2.59. The van der Waals surface area contributed by atoms with Crippen LogP contribution in [0.4, 0.5) is 4.79 Å². The van der Waals surface area contributed by atoms with Crippen molar-refractivity contribution in [2.45, 2.75) is 19.5 Å². The van der Waals surface area contributed by atoms with E-state index in [2.05, 4.69) is 26.7 Å². The van der Waals surface area contributed by atoms with Gasteiger partial charge in [-0.2, -0.15) is 0 Å². The normalized spacial score (nSPS) is 12.9. The molecule has 4 rings (SSSR count). The van der Waals surface area contributed by atoms with Crippen molar-refractivity contribution in [1.82, 2.24) is 25.5 Å². The lowest BCUT2D eigenvalue weighted by Gasteiger charge is -2.28. The van der Waals surface area contributed by atoms with Gasteiger partial charge >= 0.3 is 6.03 Å². The minimum atomic E-state index is -0.239. The number of amides is 3. The zero-order valence-electron chi connectivity index (χ0n) is 15.8. The third-order valence-corrected chi connectivity index (χ3v) is 5.63. The maximum atomic E-state index is 12.4. The molecule has 3 aromatic rings. The number of rotatable bonds is 5. The summed E-state index contributed by atoms with van der Waals surface area (Å²) in [5, 5.41) is 8.26. The second-order valence-corrected chi connectivity index (χ2v) is 7.68. The number of aromatic nitrogens is 2. The number of thiazole rings is 1. The van der Waals surface area contributed by atoms with Gasteiger partial charge in [-0.3, -0.25) is 9.78 Å². The van der Waals surface area contributed by atoms with Crippen LogP contribution in [0.3, 0.4) is 0 Å². The smallest absolute Gasteiger partial charge is 0.318 e. The standard InChI is InChI=1S/C21H21N5O2S/c27-19(23-12-20-25-18(14-29-20)16-5-8-22-9-6-16)11-24-21(28)26-10-7-15-3-1-2-4-17(15)13-26/h1-6,8-9,14H,7,10-13H2,(H,23,27)(H,24,28). The molecular weight excluding hydrogens is 386 g/mol. The van der Waals surface area contributed by atoms with Crippen LogP contribution in [0.15, 0.2) is 54.2 Å². The third-order valence-electron chi connectivity index (χ3n) is 4.78. The van der Waals surface area contributed by atoms with Crippen molar-refractivity contribution >= 4 is 23.3 Å². The van der Waals surface area contributed by atoms with Crippen LogP contribution in [0.1, 0.15) is 16.1 Å². The van der Waals surface area contributed by atoms with Crippen molar-refractivity contribution in [3.63, 3.8) is 0 Å². The molecule has 29 heavy (non-hydrogen) atoms. The van der Waals surface area contributed by atoms with E-state index in [4.69, 9.17) is 0 Å². The second kappa shape index (κ2) is 8.83. The monoisotopic (exact) mass is 407 g/mol. The van der Waals surface area contributed by atoms with Gasteiger partial charge in [-0.1, -0.05) is 24.3 Å². The number of hydrogen-bond acceptors (Lipinski definition) is 5. The average Bonchev–Trinajstić information content (AvgIpc) is 3.25. The molecule has 148 valence electrons.